The quantitative estimate of drug-likeness (QED) is 0.842. The Morgan fingerprint density at radius 3 is 2.26 bits per heavy atom. The fraction of sp³-hybridized carbons (Fsp3) is 0.444. The van der Waals surface area contributed by atoms with Crippen LogP contribution in [0, 0.1) is 13.8 Å². The lowest BCUT2D eigenvalue weighted by atomic mass is 10.1. The Kier molecular flexibility index (Phi) is 5.55. The van der Waals surface area contributed by atoms with Gasteiger partial charge in [-0.05, 0) is 32.9 Å². The average molecular weight is 319 g/mol. The molecular formula is C18H25NO4. The second-order valence-electron chi connectivity index (χ2n) is 5.46. The SMILES string of the molecule is COc1ccc(CNC(C)c2cc(C)oc2C)c(OC)c1OC. The molecule has 5 heteroatoms. The van der Waals surface area contributed by atoms with E-state index < -0.39 is 0 Å². The van der Waals surface area contributed by atoms with Gasteiger partial charge in [0.05, 0.1) is 21.3 Å². The van der Waals surface area contributed by atoms with Crippen molar-refractivity contribution in [1.82, 2.24) is 5.32 Å². The zero-order valence-corrected chi connectivity index (χ0v) is 14.6. The minimum atomic E-state index is 0.172. The van der Waals surface area contributed by atoms with E-state index in [1.165, 1.54) is 5.56 Å². The number of hydrogen-bond donors (Lipinski definition) is 1. The number of hydrogen-bond acceptors (Lipinski definition) is 5. The van der Waals surface area contributed by atoms with E-state index >= 15 is 0 Å². The molecule has 0 bridgehead atoms. The van der Waals surface area contributed by atoms with Crippen molar-refractivity contribution in [2.45, 2.75) is 33.4 Å². The van der Waals surface area contributed by atoms with Crippen molar-refractivity contribution in [3.63, 3.8) is 0 Å². The van der Waals surface area contributed by atoms with Gasteiger partial charge in [0, 0.05) is 23.7 Å². The molecule has 0 fully saturated rings. The monoisotopic (exact) mass is 319 g/mol. The molecule has 1 N–H and O–H groups in total. The van der Waals surface area contributed by atoms with Crippen LogP contribution in [0.5, 0.6) is 17.2 Å². The summed E-state index contributed by atoms with van der Waals surface area (Å²) in [4.78, 5) is 0. The molecule has 2 rings (SSSR count). The Labute approximate surface area is 137 Å². The Morgan fingerprint density at radius 2 is 1.74 bits per heavy atom. The largest absolute Gasteiger partial charge is 0.493 e. The van der Waals surface area contributed by atoms with Crippen LogP contribution in [-0.4, -0.2) is 21.3 Å². The second kappa shape index (κ2) is 7.42. The molecule has 126 valence electrons. The molecule has 0 aliphatic heterocycles. The maximum Gasteiger partial charge on any atom is 0.203 e. The number of furan rings is 1. The van der Waals surface area contributed by atoms with Gasteiger partial charge in [-0.25, -0.2) is 0 Å². The number of rotatable bonds is 7. The summed E-state index contributed by atoms with van der Waals surface area (Å²) in [6, 6.07) is 6.10. The zero-order valence-electron chi connectivity index (χ0n) is 14.6. The maximum absolute atomic E-state index is 5.60. The summed E-state index contributed by atoms with van der Waals surface area (Å²) < 4.78 is 21.8. The van der Waals surface area contributed by atoms with Crippen LogP contribution in [0.4, 0.5) is 0 Å². The third-order valence-electron chi connectivity index (χ3n) is 3.93. The number of methoxy groups -OCH3 is 3. The van der Waals surface area contributed by atoms with Gasteiger partial charge in [-0.2, -0.15) is 0 Å². The average Bonchev–Trinajstić information content (AvgIpc) is 2.89. The predicted octanol–water partition coefficient (Wildman–Crippen LogP) is 3.77. The van der Waals surface area contributed by atoms with E-state index in [0.717, 1.165) is 17.1 Å². The molecule has 23 heavy (non-hydrogen) atoms. The van der Waals surface area contributed by atoms with Gasteiger partial charge in [0.2, 0.25) is 5.75 Å². The molecule has 0 aliphatic rings. The Morgan fingerprint density at radius 1 is 1.04 bits per heavy atom. The Balaban J connectivity index is 2.18. The number of aryl methyl sites for hydroxylation is 2. The topological polar surface area (TPSA) is 52.9 Å². The van der Waals surface area contributed by atoms with Gasteiger partial charge in [0.25, 0.3) is 0 Å². The molecule has 1 unspecified atom stereocenters. The van der Waals surface area contributed by atoms with Gasteiger partial charge in [-0.3, -0.25) is 0 Å². The summed E-state index contributed by atoms with van der Waals surface area (Å²) in [5, 5.41) is 3.50. The highest BCUT2D eigenvalue weighted by molar-refractivity contribution is 5.55. The molecule has 0 spiro atoms. The standard InChI is InChI=1S/C18H25NO4/c1-11-9-15(13(3)23-11)12(2)19-10-14-7-8-16(20-4)18(22-6)17(14)21-5/h7-9,12,19H,10H2,1-6H3. The molecule has 1 aromatic heterocycles. The molecule has 0 saturated carbocycles. The molecule has 5 nitrogen and oxygen atoms in total. The van der Waals surface area contributed by atoms with Crippen LogP contribution in [0.1, 0.15) is 35.6 Å². The van der Waals surface area contributed by atoms with Crippen LogP contribution >= 0.6 is 0 Å². The Bertz CT molecular complexity index is 663. The molecule has 2 aromatic rings. The Hall–Kier alpha value is -2.14. The van der Waals surface area contributed by atoms with E-state index in [0.29, 0.717) is 23.8 Å². The van der Waals surface area contributed by atoms with Crippen LogP contribution in [-0.2, 0) is 6.54 Å². The first kappa shape index (κ1) is 17.2. The lowest BCUT2D eigenvalue weighted by Crippen LogP contribution is -2.19. The van der Waals surface area contributed by atoms with Crippen LogP contribution in [0.3, 0.4) is 0 Å². The fourth-order valence-electron chi connectivity index (χ4n) is 2.76. The third-order valence-corrected chi connectivity index (χ3v) is 3.93. The lowest BCUT2D eigenvalue weighted by molar-refractivity contribution is 0.321. The van der Waals surface area contributed by atoms with E-state index in [9.17, 15) is 0 Å². The minimum Gasteiger partial charge on any atom is -0.493 e. The van der Waals surface area contributed by atoms with Crippen molar-refractivity contribution in [3.05, 3.63) is 40.8 Å². The van der Waals surface area contributed by atoms with Gasteiger partial charge < -0.3 is 23.9 Å². The molecule has 1 atom stereocenters. The molecule has 1 aromatic carbocycles. The van der Waals surface area contributed by atoms with Crippen molar-refractivity contribution in [2.75, 3.05) is 21.3 Å². The maximum atomic E-state index is 5.60. The number of ether oxygens (including phenoxy) is 3. The predicted molar refractivity (Wildman–Crippen MR) is 89.5 cm³/mol. The molecule has 0 amide bonds. The fourth-order valence-corrected chi connectivity index (χ4v) is 2.76. The van der Waals surface area contributed by atoms with Gasteiger partial charge in [0.15, 0.2) is 11.5 Å². The van der Waals surface area contributed by atoms with Gasteiger partial charge in [-0.1, -0.05) is 6.07 Å². The summed E-state index contributed by atoms with van der Waals surface area (Å²) >= 11 is 0. The lowest BCUT2D eigenvalue weighted by Gasteiger charge is -2.18. The number of benzene rings is 1. The van der Waals surface area contributed by atoms with Crippen LogP contribution < -0.4 is 19.5 Å². The highest BCUT2D eigenvalue weighted by atomic mass is 16.5. The molecule has 0 saturated heterocycles. The van der Waals surface area contributed by atoms with Crippen LogP contribution in [0.2, 0.25) is 0 Å². The third kappa shape index (κ3) is 3.62. The van der Waals surface area contributed by atoms with Gasteiger partial charge >= 0.3 is 0 Å². The summed E-state index contributed by atoms with van der Waals surface area (Å²) in [6.45, 7) is 6.71. The van der Waals surface area contributed by atoms with Crippen molar-refractivity contribution in [3.8, 4) is 17.2 Å². The zero-order chi connectivity index (χ0) is 17.0. The van der Waals surface area contributed by atoms with Crippen molar-refractivity contribution < 1.29 is 18.6 Å². The highest BCUT2D eigenvalue weighted by Crippen LogP contribution is 2.39. The van der Waals surface area contributed by atoms with Crippen molar-refractivity contribution >= 4 is 0 Å². The smallest absolute Gasteiger partial charge is 0.203 e. The van der Waals surface area contributed by atoms with E-state index in [1.54, 1.807) is 21.3 Å². The minimum absolute atomic E-state index is 0.172. The first-order valence-electron chi connectivity index (χ1n) is 7.60. The van der Waals surface area contributed by atoms with Gasteiger partial charge in [0.1, 0.15) is 11.5 Å². The molecular weight excluding hydrogens is 294 g/mol. The van der Waals surface area contributed by atoms with E-state index in [-0.39, 0.29) is 6.04 Å². The first-order valence-corrected chi connectivity index (χ1v) is 7.60. The molecule has 1 heterocycles. The molecule has 0 aliphatic carbocycles. The summed E-state index contributed by atoms with van der Waals surface area (Å²) in [5.74, 6) is 3.82. The normalized spacial score (nSPS) is 12.1. The van der Waals surface area contributed by atoms with E-state index in [4.69, 9.17) is 18.6 Å². The van der Waals surface area contributed by atoms with E-state index in [2.05, 4.69) is 18.3 Å². The summed E-state index contributed by atoms with van der Waals surface area (Å²) in [6.07, 6.45) is 0. The van der Waals surface area contributed by atoms with E-state index in [1.807, 2.05) is 26.0 Å². The molecule has 0 radical (unpaired) electrons. The van der Waals surface area contributed by atoms with Crippen molar-refractivity contribution in [2.24, 2.45) is 0 Å². The first-order chi connectivity index (χ1) is 11.0. The second-order valence-corrected chi connectivity index (χ2v) is 5.46. The summed E-state index contributed by atoms with van der Waals surface area (Å²) in [5.41, 5.74) is 2.18. The number of nitrogens with one attached hydrogen (secondary N) is 1. The summed E-state index contributed by atoms with van der Waals surface area (Å²) in [7, 11) is 4.85. The van der Waals surface area contributed by atoms with Crippen molar-refractivity contribution in [1.29, 1.82) is 0 Å². The highest BCUT2D eigenvalue weighted by Gasteiger charge is 2.17. The van der Waals surface area contributed by atoms with Crippen LogP contribution in [0.25, 0.3) is 0 Å². The van der Waals surface area contributed by atoms with Crippen LogP contribution in [0.15, 0.2) is 22.6 Å². The van der Waals surface area contributed by atoms with Gasteiger partial charge in [-0.15, -0.1) is 0 Å².